The van der Waals surface area contributed by atoms with Crippen LogP contribution in [0, 0.1) is 5.82 Å². The fourth-order valence-electron chi connectivity index (χ4n) is 6.89. The van der Waals surface area contributed by atoms with Crippen LogP contribution in [0.4, 0.5) is 4.39 Å². The van der Waals surface area contributed by atoms with Gasteiger partial charge >= 0.3 is 0 Å². The first-order valence-electron chi connectivity index (χ1n) is 17.4. The minimum atomic E-state index is -0.633. The number of halogens is 1. The third kappa shape index (κ3) is 9.51. The average Bonchev–Trinajstić information content (AvgIpc) is 3.60. The molecule has 0 spiro atoms. The number of carbonyl (C=O) groups is 2. The standard InChI is InChI=1S/C38H45FN6O4S/c1-24-20-45(21-25(2)41-24)16-4-5-26-8-10-27(11-9-26)28-6-3-7-33(17-28)49-37-34(18-29(39)19-40-37)35(47)42-30-12-14-31(15-13-30)43-36(48)38-44-32(22-46)23-50-38/h3,6-11,17-19,23-25,30-31,41,46H,4-5,12-16,20-22H2,1-2H3,(H,42,47)(H,43,48). The molecule has 0 bridgehead atoms. The van der Waals surface area contributed by atoms with E-state index in [-0.39, 0.29) is 36.0 Å². The lowest BCUT2D eigenvalue weighted by atomic mass is 9.91. The number of hydrogen-bond acceptors (Lipinski definition) is 9. The first kappa shape index (κ1) is 35.6. The Morgan fingerprint density at radius 3 is 2.36 bits per heavy atom. The molecule has 0 radical (unpaired) electrons. The maximum atomic E-state index is 14.3. The second-order valence-electron chi connectivity index (χ2n) is 13.5. The summed E-state index contributed by atoms with van der Waals surface area (Å²) in [7, 11) is 0. The van der Waals surface area contributed by atoms with Crippen LogP contribution >= 0.6 is 11.3 Å². The smallest absolute Gasteiger partial charge is 0.280 e. The summed E-state index contributed by atoms with van der Waals surface area (Å²) in [4.78, 5) is 36.7. The number of rotatable bonds is 12. The van der Waals surface area contributed by atoms with Crippen molar-refractivity contribution in [2.75, 3.05) is 19.6 Å². The van der Waals surface area contributed by atoms with Crippen molar-refractivity contribution in [3.05, 3.63) is 93.8 Å². The molecule has 4 N–H and O–H groups in total. The van der Waals surface area contributed by atoms with E-state index in [1.165, 1.54) is 16.9 Å². The van der Waals surface area contributed by atoms with E-state index in [1.807, 2.05) is 18.2 Å². The molecule has 1 aliphatic carbocycles. The predicted octanol–water partition coefficient (Wildman–Crippen LogP) is 5.71. The van der Waals surface area contributed by atoms with Crippen molar-refractivity contribution in [3.8, 4) is 22.8 Å². The van der Waals surface area contributed by atoms with E-state index in [9.17, 15) is 19.1 Å². The van der Waals surface area contributed by atoms with Crippen LogP contribution in [-0.2, 0) is 13.0 Å². The first-order chi connectivity index (χ1) is 24.2. The number of nitrogens with one attached hydrogen (secondary N) is 3. The third-order valence-corrected chi connectivity index (χ3v) is 10.2. The molecule has 2 amide bonds. The summed E-state index contributed by atoms with van der Waals surface area (Å²) in [6, 6.07) is 18.1. The van der Waals surface area contributed by atoms with E-state index in [0.29, 0.717) is 54.2 Å². The molecule has 2 aromatic heterocycles. The Balaban J connectivity index is 1.02. The van der Waals surface area contributed by atoms with Crippen molar-refractivity contribution in [2.24, 2.45) is 0 Å². The molecule has 50 heavy (non-hydrogen) atoms. The Labute approximate surface area is 296 Å². The molecule has 2 unspecified atom stereocenters. The lowest BCUT2D eigenvalue weighted by Gasteiger charge is -2.36. The molecule has 6 rings (SSSR count). The number of aliphatic hydroxyl groups excluding tert-OH is 1. The van der Waals surface area contributed by atoms with E-state index >= 15 is 0 Å². The van der Waals surface area contributed by atoms with Gasteiger partial charge in [-0.1, -0.05) is 36.4 Å². The van der Waals surface area contributed by atoms with Gasteiger partial charge in [0.1, 0.15) is 17.1 Å². The van der Waals surface area contributed by atoms with Gasteiger partial charge in [0.25, 0.3) is 11.8 Å². The topological polar surface area (TPSA) is 129 Å². The van der Waals surface area contributed by atoms with Crippen LogP contribution in [0.1, 0.15) is 77.4 Å². The summed E-state index contributed by atoms with van der Waals surface area (Å²) >= 11 is 1.20. The molecular weight excluding hydrogens is 656 g/mol. The van der Waals surface area contributed by atoms with Crippen molar-refractivity contribution in [1.82, 2.24) is 30.8 Å². The van der Waals surface area contributed by atoms with Gasteiger partial charge < -0.3 is 30.7 Å². The van der Waals surface area contributed by atoms with Crippen molar-refractivity contribution < 1.29 is 23.8 Å². The summed E-state index contributed by atoms with van der Waals surface area (Å²) in [5, 5.41) is 20.8. The van der Waals surface area contributed by atoms with Gasteiger partial charge in [0, 0.05) is 42.6 Å². The van der Waals surface area contributed by atoms with Gasteiger partial charge in [-0.2, -0.15) is 0 Å². The number of piperazine rings is 1. The zero-order valence-corrected chi connectivity index (χ0v) is 29.3. The highest BCUT2D eigenvalue weighted by atomic mass is 32.1. The molecule has 1 aliphatic heterocycles. The number of aryl methyl sites for hydroxylation is 1. The van der Waals surface area contributed by atoms with Crippen LogP contribution in [0.25, 0.3) is 11.1 Å². The lowest BCUT2D eigenvalue weighted by Crippen LogP contribution is -2.54. The number of aliphatic hydroxyl groups is 1. The molecular formula is C38H45FN6O4S. The maximum Gasteiger partial charge on any atom is 0.280 e. The van der Waals surface area contributed by atoms with Gasteiger partial charge in [0.15, 0.2) is 5.01 Å². The summed E-state index contributed by atoms with van der Waals surface area (Å²) in [5.74, 6) is -0.854. The summed E-state index contributed by atoms with van der Waals surface area (Å²) < 4.78 is 20.4. The van der Waals surface area contributed by atoms with Crippen LogP contribution in [0.15, 0.2) is 66.2 Å². The van der Waals surface area contributed by atoms with Gasteiger partial charge in [0.2, 0.25) is 5.88 Å². The number of ether oxygens (including phenoxy) is 1. The fraction of sp³-hybridized carbons (Fsp3) is 0.421. The molecule has 4 aromatic rings. The molecule has 3 heterocycles. The van der Waals surface area contributed by atoms with Crippen molar-refractivity contribution >= 4 is 23.2 Å². The number of thiazole rings is 1. The minimum Gasteiger partial charge on any atom is -0.438 e. The summed E-state index contributed by atoms with van der Waals surface area (Å²) in [5.41, 5.74) is 3.79. The third-order valence-electron chi connectivity index (χ3n) is 9.28. The van der Waals surface area contributed by atoms with Gasteiger partial charge in [-0.25, -0.2) is 14.4 Å². The second kappa shape index (κ2) is 16.7. The minimum absolute atomic E-state index is 0.0170. The number of nitrogens with zero attached hydrogens (tertiary/aromatic N) is 3. The van der Waals surface area contributed by atoms with E-state index in [1.54, 1.807) is 11.4 Å². The Kier molecular flexibility index (Phi) is 11.9. The Morgan fingerprint density at radius 2 is 1.68 bits per heavy atom. The largest absolute Gasteiger partial charge is 0.438 e. The first-order valence-corrected chi connectivity index (χ1v) is 18.3. The Hall–Kier alpha value is -4.23. The zero-order chi connectivity index (χ0) is 35.0. The van der Waals surface area contributed by atoms with Crippen LogP contribution in [-0.4, -0.2) is 75.6 Å². The fourth-order valence-corrected chi connectivity index (χ4v) is 7.60. The number of aromatic nitrogens is 2. The predicted molar refractivity (Wildman–Crippen MR) is 192 cm³/mol. The van der Waals surface area contributed by atoms with E-state index in [0.717, 1.165) is 55.9 Å². The van der Waals surface area contributed by atoms with Crippen molar-refractivity contribution in [2.45, 2.75) is 83.1 Å². The van der Waals surface area contributed by atoms with Crippen LogP contribution in [0.5, 0.6) is 11.6 Å². The number of pyridine rings is 1. The maximum absolute atomic E-state index is 14.3. The van der Waals surface area contributed by atoms with Gasteiger partial charge in [-0.05, 0) is 93.8 Å². The molecule has 2 atom stereocenters. The second-order valence-corrected chi connectivity index (χ2v) is 14.3. The molecule has 1 saturated heterocycles. The lowest BCUT2D eigenvalue weighted by molar-refractivity contribution is 0.0889. The molecule has 2 aliphatic rings. The average molecular weight is 701 g/mol. The number of benzene rings is 2. The monoisotopic (exact) mass is 700 g/mol. The number of carbonyl (C=O) groups excluding carboxylic acids is 2. The number of amides is 2. The van der Waals surface area contributed by atoms with Crippen LogP contribution in [0.3, 0.4) is 0 Å². The SMILES string of the molecule is CC1CN(CCCc2ccc(-c3cccc(Oc4ncc(F)cc4C(=O)NC4CCC(NC(=O)c5nc(CO)cs5)CC4)c3)cc2)CC(C)N1. The highest BCUT2D eigenvalue weighted by molar-refractivity contribution is 7.11. The molecule has 264 valence electrons. The highest BCUT2D eigenvalue weighted by Crippen LogP contribution is 2.29. The van der Waals surface area contributed by atoms with Gasteiger partial charge in [-0.3, -0.25) is 9.59 Å². The van der Waals surface area contributed by atoms with E-state index in [4.69, 9.17) is 4.74 Å². The molecule has 2 aromatic carbocycles. The normalized spacial score (nSPS) is 21.0. The Morgan fingerprint density at radius 1 is 0.980 bits per heavy atom. The Bertz CT molecular complexity index is 1750. The molecule has 1 saturated carbocycles. The van der Waals surface area contributed by atoms with Crippen molar-refractivity contribution in [3.63, 3.8) is 0 Å². The van der Waals surface area contributed by atoms with Crippen molar-refractivity contribution in [1.29, 1.82) is 0 Å². The quantitative estimate of drug-likeness (QED) is 0.148. The summed E-state index contributed by atoms with van der Waals surface area (Å²) in [6.07, 6.45) is 5.80. The molecule has 10 nitrogen and oxygen atoms in total. The van der Waals surface area contributed by atoms with Crippen LogP contribution < -0.4 is 20.7 Å². The van der Waals surface area contributed by atoms with E-state index < -0.39 is 11.7 Å². The molecule has 12 heteroatoms. The van der Waals surface area contributed by atoms with Gasteiger partial charge in [-0.15, -0.1) is 11.3 Å². The summed E-state index contributed by atoms with van der Waals surface area (Å²) in [6.45, 7) is 7.56. The highest BCUT2D eigenvalue weighted by Gasteiger charge is 2.27. The van der Waals surface area contributed by atoms with E-state index in [2.05, 4.69) is 68.9 Å². The molecule has 2 fully saturated rings. The number of hydrogen-bond donors (Lipinski definition) is 4. The van der Waals surface area contributed by atoms with Gasteiger partial charge in [0.05, 0.1) is 18.5 Å². The van der Waals surface area contributed by atoms with Crippen LogP contribution in [0.2, 0.25) is 0 Å². The zero-order valence-electron chi connectivity index (χ0n) is 28.5.